The maximum absolute atomic E-state index is 11.9. The molecule has 2 rings (SSSR count). The van der Waals surface area contributed by atoms with Gasteiger partial charge in [0.25, 0.3) is 0 Å². The zero-order valence-electron chi connectivity index (χ0n) is 11.3. The molecule has 2 aromatic heterocycles. The standard InChI is InChI=1S/C14H10ClN3O3/c1-20-12-7-18-13(15)4-10(12)9-3-8(5-16)17-6-11(9)14(19)21-2/h3-4,6-7H,1-2H3. The van der Waals surface area contributed by atoms with Gasteiger partial charge >= 0.3 is 5.97 Å². The lowest BCUT2D eigenvalue weighted by molar-refractivity contribution is 0.0601. The lowest BCUT2D eigenvalue weighted by atomic mass is 10.0. The summed E-state index contributed by atoms with van der Waals surface area (Å²) in [6.07, 6.45) is 2.72. The highest BCUT2D eigenvalue weighted by Crippen LogP contribution is 2.33. The fourth-order valence-electron chi connectivity index (χ4n) is 1.80. The summed E-state index contributed by atoms with van der Waals surface area (Å²) in [7, 11) is 2.74. The summed E-state index contributed by atoms with van der Waals surface area (Å²) in [5.74, 6) is -0.156. The fraction of sp³-hybridized carbons (Fsp3) is 0.143. The van der Waals surface area contributed by atoms with Crippen LogP contribution in [0.4, 0.5) is 0 Å². The normalized spacial score (nSPS) is 9.81. The van der Waals surface area contributed by atoms with E-state index in [2.05, 4.69) is 9.97 Å². The number of hydrogen-bond donors (Lipinski definition) is 0. The van der Waals surface area contributed by atoms with E-state index in [1.165, 1.54) is 32.7 Å². The van der Waals surface area contributed by atoms with Gasteiger partial charge in [0, 0.05) is 17.3 Å². The first-order valence-corrected chi connectivity index (χ1v) is 6.17. The summed E-state index contributed by atoms with van der Waals surface area (Å²) in [5.41, 5.74) is 1.33. The summed E-state index contributed by atoms with van der Waals surface area (Å²) < 4.78 is 9.94. The minimum Gasteiger partial charge on any atom is -0.494 e. The number of methoxy groups -OCH3 is 2. The van der Waals surface area contributed by atoms with Crippen molar-refractivity contribution in [1.82, 2.24) is 9.97 Å². The highest BCUT2D eigenvalue weighted by molar-refractivity contribution is 6.29. The third-order valence-electron chi connectivity index (χ3n) is 2.77. The lowest BCUT2D eigenvalue weighted by Gasteiger charge is -2.12. The van der Waals surface area contributed by atoms with E-state index in [4.69, 9.17) is 26.3 Å². The minimum absolute atomic E-state index is 0.160. The Kier molecular flexibility index (Phi) is 4.36. The zero-order valence-corrected chi connectivity index (χ0v) is 12.0. The molecule has 0 unspecified atom stereocenters. The number of hydrogen-bond acceptors (Lipinski definition) is 6. The van der Waals surface area contributed by atoms with E-state index < -0.39 is 5.97 Å². The Hall–Kier alpha value is -2.65. The zero-order chi connectivity index (χ0) is 15.4. The minimum atomic E-state index is -0.572. The van der Waals surface area contributed by atoms with Crippen molar-refractivity contribution in [2.24, 2.45) is 0 Å². The highest BCUT2D eigenvalue weighted by atomic mass is 35.5. The largest absolute Gasteiger partial charge is 0.494 e. The number of carbonyl (C=O) groups is 1. The Labute approximate surface area is 125 Å². The molecule has 0 aliphatic heterocycles. The van der Waals surface area contributed by atoms with Gasteiger partial charge in [0.15, 0.2) is 0 Å². The second-order valence-corrected chi connectivity index (χ2v) is 4.31. The van der Waals surface area contributed by atoms with Crippen molar-refractivity contribution in [2.75, 3.05) is 14.2 Å². The first kappa shape index (κ1) is 14.8. The van der Waals surface area contributed by atoms with Gasteiger partial charge in [-0.25, -0.2) is 14.8 Å². The molecule has 2 heterocycles. The highest BCUT2D eigenvalue weighted by Gasteiger charge is 2.18. The smallest absolute Gasteiger partial charge is 0.340 e. The first-order valence-electron chi connectivity index (χ1n) is 5.79. The van der Waals surface area contributed by atoms with E-state index in [1.807, 2.05) is 6.07 Å². The van der Waals surface area contributed by atoms with Crippen LogP contribution in [0.2, 0.25) is 5.15 Å². The van der Waals surface area contributed by atoms with Crippen molar-refractivity contribution < 1.29 is 14.3 Å². The molecule has 0 fully saturated rings. The molecule has 21 heavy (non-hydrogen) atoms. The Morgan fingerprint density at radius 1 is 1.24 bits per heavy atom. The SMILES string of the molecule is COC(=O)c1cnc(C#N)cc1-c1cc(Cl)ncc1OC. The molecule has 2 aromatic rings. The lowest BCUT2D eigenvalue weighted by Crippen LogP contribution is -2.06. The Bertz CT molecular complexity index is 741. The number of carbonyl (C=O) groups excluding carboxylic acids is 1. The van der Waals surface area contributed by atoms with Crippen LogP contribution in [0.15, 0.2) is 24.5 Å². The van der Waals surface area contributed by atoms with Gasteiger partial charge in [0.1, 0.15) is 22.7 Å². The first-order chi connectivity index (χ1) is 10.1. The fourth-order valence-corrected chi connectivity index (χ4v) is 1.96. The second kappa shape index (κ2) is 6.20. The van der Waals surface area contributed by atoms with Crippen LogP contribution in [0.5, 0.6) is 5.75 Å². The number of aromatic nitrogens is 2. The molecule has 0 aliphatic carbocycles. The molecule has 106 valence electrons. The number of rotatable bonds is 3. The predicted molar refractivity (Wildman–Crippen MR) is 75.1 cm³/mol. The van der Waals surface area contributed by atoms with Crippen LogP contribution in [0.3, 0.4) is 0 Å². The van der Waals surface area contributed by atoms with Gasteiger partial charge in [-0.1, -0.05) is 11.6 Å². The van der Waals surface area contributed by atoms with Crippen LogP contribution in [0.25, 0.3) is 11.1 Å². The number of ether oxygens (including phenoxy) is 2. The molecule has 0 atom stereocenters. The predicted octanol–water partition coefficient (Wildman–Crippen LogP) is 2.46. The van der Waals surface area contributed by atoms with Gasteiger partial charge in [-0.15, -0.1) is 0 Å². The van der Waals surface area contributed by atoms with Crippen molar-refractivity contribution in [1.29, 1.82) is 5.26 Å². The quantitative estimate of drug-likeness (QED) is 0.639. The van der Waals surface area contributed by atoms with Crippen molar-refractivity contribution in [2.45, 2.75) is 0 Å². The van der Waals surface area contributed by atoms with Crippen LogP contribution in [-0.2, 0) is 4.74 Å². The summed E-state index contributed by atoms with van der Waals surface area (Å²) in [6, 6.07) is 4.94. The molecule has 0 spiro atoms. The average Bonchev–Trinajstić information content (AvgIpc) is 2.53. The molecule has 0 N–H and O–H groups in total. The van der Waals surface area contributed by atoms with Crippen LogP contribution in [0.1, 0.15) is 16.1 Å². The van der Waals surface area contributed by atoms with Crippen LogP contribution >= 0.6 is 11.6 Å². The van der Waals surface area contributed by atoms with Crippen molar-refractivity contribution in [3.8, 4) is 22.9 Å². The van der Waals surface area contributed by atoms with Crippen LogP contribution in [-0.4, -0.2) is 30.2 Å². The molecular weight excluding hydrogens is 294 g/mol. The van der Waals surface area contributed by atoms with E-state index in [0.29, 0.717) is 16.9 Å². The molecule has 0 saturated carbocycles. The summed E-state index contributed by atoms with van der Waals surface area (Å²) >= 11 is 5.90. The topological polar surface area (TPSA) is 85.1 Å². The summed E-state index contributed by atoms with van der Waals surface area (Å²) in [5, 5.41) is 9.21. The van der Waals surface area contributed by atoms with Crippen LogP contribution in [0, 0.1) is 11.3 Å². The maximum Gasteiger partial charge on any atom is 0.340 e. The molecular formula is C14H10ClN3O3. The number of pyridine rings is 2. The molecule has 0 aliphatic rings. The molecule has 0 bridgehead atoms. The van der Waals surface area contributed by atoms with Crippen molar-refractivity contribution in [3.05, 3.63) is 40.9 Å². The number of nitrogens with zero attached hydrogens (tertiary/aromatic N) is 3. The van der Waals surface area contributed by atoms with Gasteiger partial charge < -0.3 is 9.47 Å². The number of esters is 1. The van der Waals surface area contributed by atoms with Gasteiger partial charge in [0.05, 0.1) is 26.0 Å². The van der Waals surface area contributed by atoms with E-state index in [1.54, 1.807) is 6.07 Å². The molecule has 0 aromatic carbocycles. The van der Waals surface area contributed by atoms with Gasteiger partial charge in [0.2, 0.25) is 0 Å². The second-order valence-electron chi connectivity index (χ2n) is 3.93. The van der Waals surface area contributed by atoms with Gasteiger partial charge in [-0.3, -0.25) is 0 Å². The van der Waals surface area contributed by atoms with Crippen molar-refractivity contribution >= 4 is 17.6 Å². The maximum atomic E-state index is 11.9. The monoisotopic (exact) mass is 303 g/mol. The van der Waals surface area contributed by atoms with Crippen molar-refractivity contribution in [3.63, 3.8) is 0 Å². The average molecular weight is 304 g/mol. The van der Waals surface area contributed by atoms with Crippen LogP contribution < -0.4 is 4.74 Å². The van der Waals surface area contributed by atoms with Gasteiger partial charge in [-0.2, -0.15) is 5.26 Å². The molecule has 0 radical (unpaired) electrons. The molecule has 6 nitrogen and oxygen atoms in total. The number of nitriles is 1. The van der Waals surface area contributed by atoms with Gasteiger partial charge in [-0.05, 0) is 12.1 Å². The Morgan fingerprint density at radius 2 is 2.00 bits per heavy atom. The molecule has 0 saturated heterocycles. The summed E-state index contributed by atoms with van der Waals surface area (Å²) in [6.45, 7) is 0. The molecule has 0 amide bonds. The Balaban J connectivity index is 2.75. The van der Waals surface area contributed by atoms with E-state index >= 15 is 0 Å². The Morgan fingerprint density at radius 3 is 2.62 bits per heavy atom. The number of halogens is 1. The third kappa shape index (κ3) is 2.93. The van der Waals surface area contributed by atoms with E-state index in [0.717, 1.165) is 0 Å². The van der Waals surface area contributed by atoms with E-state index in [-0.39, 0.29) is 16.4 Å². The third-order valence-corrected chi connectivity index (χ3v) is 2.97. The van der Waals surface area contributed by atoms with E-state index in [9.17, 15) is 4.79 Å². The molecule has 7 heteroatoms. The summed E-state index contributed by atoms with van der Waals surface area (Å²) in [4.78, 5) is 19.7.